The van der Waals surface area contributed by atoms with Gasteiger partial charge in [0.1, 0.15) is 12.1 Å². The van der Waals surface area contributed by atoms with Gasteiger partial charge in [-0.3, -0.25) is 9.59 Å². The highest BCUT2D eigenvalue weighted by Gasteiger charge is 2.39. The van der Waals surface area contributed by atoms with Crippen LogP contribution in [0.4, 0.5) is 0 Å². The van der Waals surface area contributed by atoms with Gasteiger partial charge in [0, 0.05) is 18.8 Å². The maximum Gasteiger partial charge on any atom is 0.347 e. The van der Waals surface area contributed by atoms with Gasteiger partial charge in [-0.05, 0) is 54.4 Å². The number of aliphatic hydroxyl groups excluding tert-OH is 1. The third-order valence-electron chi connectivity index (χ3n) is 6.35. The number of amides is 2. The largest absolute Gasteiger partial charge is 0.394 e. The van der Waals surface area contributed by atoms with Crippen molar-refractivity contribution >= 4 is 11.8 Å². The van der Waals surface area contributed by atoms with E-state index in [1.165, 1.54) is 0 Å². The van der Waals surface area contributed by atoms with Crippen molar-refractivity contribution in [2.24, 2.45) is 5.92 Å². The highest BCUT2D eigenvalue weighted by Crippen LogP contribution is 2.27. The average molecular weight is 476 g/mol. The van der Waals surface area contributed by atoms with Crippen LogP contribution in [-0.2, 0) is 9.59 Å². The van der Waals surface area contributed by atoms with Crippen molar-refractivity contribution in [3.05, 3.63) is 66.1 Å². The van der Waals surface area contributed by atoms with Gasteiger partial charge in [0.15, 0.2) is 0 Å². The van der Waals surface area contributed by atoms with Crippen molar-refractivity contribution in [3.8, 4) is 11.3 Å². The molecule has 0 aliphatic carbocycles. The number of carbonyl (C=O) groups excluding carboxylic acids is 2. The number of hydrogen-bond donors (Lipinski definition) is 2. The van der Waals surface area contributed by atoms with E-state index in [1.807, 2.05) is 57.2 Å². The van der Waals surface area contributed by atoms with Crippen molar-refractivity contribution in [1.29, 1.82) is 0 Å². The first-order valence-corrected chi connectivity index (χ1v) is 11.9. The summed E-state index contributed by atoms with van der Waals surface area (Å²) in [7, 11) is 0. The molecule has 3 aromatic rings. The van der Waals surface area contributed by atoms with Crippen LogP contribution in [-0.4, -0.2) is 56.0 Å². The predicted molar refractivity (Wildman–Crippen MR) is 128 cm³/mol. The molecule has 35 heavy (non-hydrogen) atoms. The molecule has 0 unspecified atom stereocenters. The molecule has 4 rings (SSSR count). The fraction of sp³-hybridized carbons (Fsp3) is 0.423. The maximum atomic E-state index is 13.5. The number of hydrogen-bond acceptors (Lipinski definition) is 5. The molecule has 1 saturated heterocycles. The van der Waals surface area contributed by atoms with Crippen LogP contribution in [0.3, 0.4) is 0 Å². The Bertz CT molecular complexity index is 1150. The number of rotatable bonds is 8. The summed E-state index contributed by atoms with van der Waals surface area (Å²) >= 11 is 0. The first-order valence-electron chi connectivity index (χ1n) is 11.9. The maximum absolute atomic E-state index is 13.5. The van der Waals surface area contributed by atoms with E-state index >= 15 is 0 Å². The van der Waals surface area contributed by atoms with Crippen molar-refractivity contribution in [2.75, 3.05) is 13.2 Å². The summed E-state index contributed by atoms with van der Waals surface area (Å²) in [5.41, 5.74) is 3.23. The number of aryl methyl sites for hydroxylation is 1. The van der Waals surface area contributed by atoms with E-state index in [9.17, 15) is 14.7 Å². The van der Waals surface area contributed by atoms with Crippen LogP contribution >= 0.6 is 0 Å². The van der Waals surface area contributed by atoms with Crippen molar-refractivity contribution < 1.29 is 19.7 Å². The van der Waals surface area contributed by atoms with Crippen LogP contribution in [0.15, 0.2) is 48.7 Å². The zero-order chi connectivity index (χ0) is 24.9. The fourth-order valence-electron chi connectivity index (χ4n) is 4.55. The van der Waals surface area contributed by atoms with E-state index in [-0.39, 0.29) is 24.3 Å². The lowest BCUT2D eigenvalue weighted by Gasteiger charge is -2.30. The monoisotopic (exact) mass is 475 g/mol. The molecule has 1 aliphatic rings. The molecule has 182 valence electrons. The molecule has 1 aliphatic heterocycles. The van der Waals surface area contributed by atoms with Crippen LogP contribution in [0.5, 0.6) is 0 Å². The lowest BCUT2D eigenvalue weighted by molar-refractivity contribution is -0.280. The van der Waals surface area contributed by atoms with E-state index in [0.29, 0.717) is 13.0 Å². The van der Waals surface area contributed by atoms with Crippen LogP contribution in [0.2, 0.25) is 0 Å². The first kappa shape index (κ1) is 24.4. The number of benzene rings is 1. The predicted octanol–water partition coefficient (Wildman–Crippen LogP) is 1.69. The van der Waals surface area contributed by atoms with Gasteiger partial charge in [-0.1, -0.05) is 31.2 Å². The Balaban J connectivity index is 1.47. The highest BCUT2D eigenvalue weighted by atomic mass is 16.3. The smallest absolute Gasteiger partial charge is 0.347 e. The minimum absolute atomic E-state index is 0.0201. The Morgan fingerprint density at radius 1 is 1.26 bits per heavy atom. The normalized spacial score (nSPS) is 17.2. The molecule has 1 aromatic carbocycles. The van der Waals surface area contributed by atoms with E-state index < -0.39 is 18.1 Å². The average Bonchev–Trinajstić information content (AvgIpc) is 3.52. The Labute approximate surface area is 205 Å². The minimum Gasteiger partial charge on any atom is -0.394 e. The molecule has 0 radical (unpaired) electrons. The van der Waals surface area contributed by atoms with Gasteiger partial charge in [0.25, 0.3) is 0 Å². The highest BCUT2D eigenvalue weighted by molar-refractivity contribution is 5.90. The molecule has 9 nitrogen and oxygen atoms in total. The van der Waals surface area contributed by atoms with Crippen molar-refractivity contribution in [3.63, 3.8) is 0 Å². The number of carbonyl (C=O) groups is 2. The van der Waals surface area contributed by atoms with Gasteiger partial charge in [-0.2, -0.15) is 0 Å². The zero-order valence-electron chi connectivity index (χ0n) is 20.3. The molecule has 0 bridgehead atoms. The second-order valence-corrected chi connectivity index (χ2v) is 9.24. The molecule has 0 spiro atoms. The Kier molecular flexibility index (Phi) is 7.42. The van der Waals surface area contributed by atoms with Crippen LogP contribution in [0.25, 0.3) is 11.3 Å². The lowest BCUT2D eigenvalue weighted by Crippen LogP contribution is -2.50. The van der Waals surface area contributed by atoms with Gasteiger partial charge in [0.05, 0.1) is 30.0 Å². The lowest BCUT2D eigenvalue weighted by atomic mass is 10.0. The van der Waals surface area contributed by atoms with Gasteiger partial charge in [-0.25, -0.2) is 4.68 Å². The SMILES string of the molecule is Cc1cn([C@H](C(=O)N2CCC[C@H]2C(=O)N[C@@H](CO)c2ccc(-c3cccc#[n+]3)cc2)C(C)C)nn1. The molecular weight excluding hydrogens is 444 g/mol. The van der Waals surface area contributed by atoms with E-state index in [2.05, 4.69) is 26.8 Å². The summed E-state index contributed by atoms with van der Waals surface area (Å²) < 4.78 is 1.59. The summed E-state index contributed by atoms with van der Waals surface area (Å²) in [6.45, 7) is 6.00. The summed E-state index contributed by atoms with van der Waals surface area (Å²) in [6.07, 6.45) is 5.89. The third-order valence-corrected chi connectivity index (χ3v) is 6.35. The standard InChI is InChI=1S/C26H30N6O3/c1-17(2)24(32-15-18(3)29-30-32)26(35)31-14-6-8-23(31)25(34)28-22(16-33)20-11-9-19(10-12-20)21-7-4-5-13-27-21/h4-5,7,9-12,15,17,22-24,33H,6,8,14,16H2,1-3H3/p+1/t22-,23-,24-/m0/s1. The molecule has 0 saturated carbocycles. The Hall–Kier alpha value is -3.77. The molecule has 9 heteroatoms. The van der Waals surface area contributed by atoms with Crippen LogP contribution in [0.1, 0.15) is 50.0 Å². The molecule has 2 amide bonds. The first-order chi connectivity index (χ1) is 16.9. The van der Waals surface area contributed by atoms with Crippen molar-refractivity contribution in [2.45, 2.75) is 51.7 Å². The van der Waals surface area contributed by atoms with Gasteiger partial charge < -0.3 is 15.3 Å². The Morgan fingerprint density at radius 3 is 2.63 bits per heavy atom. The van der Waals surface area contributed by atoms with Crippen LogP contribution < -0.4 is 10.3 Å². The summed E-state index contributed by atoms with van der Waals surface area (Å²) in [5, 5.41) is 21.1. The second-order valence-electron chi connectivity index (χ2n) is 9.24. The second kappa shape index (κ2) is 10.7. The quantitative estimate of drug-likeness (QED) is 0.513. The van der Waals surface area contributed by atoms with E-state index in [1.54, 1.807) is 21.8 Å². The topological polar surface area (TPSA) is 114 Å². The van der Waals surface area contributed by atoms with Gasteiger partial charge in [-0.15, -0.1) is 5.10 Å². The number of aromatic nitrogens is 4. The summed E-state index contributed by atoms with van der Waals surface area (Å²) in [5.74, 6) is -0.427. The number of nitrogens with one attached hydrogen (secondary N) is 1. The summed E-state index contributed by atoms with van der Waals surface area (Å²) in [6, 6.07) is 11.3. The number of nitrogens with zero attached hydrogens (tertiary/aromatic N) is 5. The number of likely N-dealkylation sites (tertiary alicyclic amines) is 1. The van der Waals surface area contributed by atoms with Gasteiger partial charge in [0.2, 0.25) is 11.8 Å². The van der Waals surface area contributed by atoms with Gasteiger partial charge >= 0.3 is 11.9 Å². The van der Waals surface area contributed by atoms with E-state index in [4.69, 9.17) is 0 Å². The van der Waals surface area contributed by atoms with Crippen molar-refractivity contribution in [1.82, 2.24) is 25.2 Å². The number of aliphatic hydroxyl groups is 1. The molecule has 2 aromatic heterocycles. The molecule has 2 N–H and O–H groups in total. The third kappa shape index (κ3) is 5.33. The Morgan fingerprint density at radius 2 is 2.03 bits per heavy atom. The molecule has 3 heterocycles. The van der Waals surface area contributed by atoms with Crippen LogP contribution in [0, 0.1) is 19.0 Å². The molecular formula is C26H31N6O3+. The zero-order valence-corrected chi connectivity index (χ0v) is 20.3. The molecule has 3 atom stereocenters. The molecule has 1 fully saturated rings. The minimum atomic E-state index is -0.592. The van der Waals surface area contributed by atoms with E-state index in [0.717, 1.165) is 28.9 Å². The summed E-state index contributed by atoms with van der Waals surface area (Å²) in [4.78, 5) is 32.6. The fourth-order valence-corrected chi connectivity index (χ4v) is 4.55.